The van der Waals surface area contributed by atoms with Gasteiger partial charge in [-0.1, -0.05) is 12.1 Å². The third-order valence-electron chi connectivity index (χ3n) is 4.90. The molecule has 0 atom stereocenters. The molecule has 0 spiro atoms. The molecule has 1 aliphatic rings. The number of aromatic nitrogens is 4. The first kappa shape index (κ1) is 21.5. The molecule has 3 heterocycles. The van der Waals surface area contributed by atoms with Gasteiger partial charge in [0.25, 0.3) is 0 Å². The summed E-state index contributed by atoms with van der Waals surface area (Å²) in [6.07, 6.45) is 0.887. The molecule has 32 heavy (non-hydrogen) atoms. The minimum atomic E-state index is -2.93. The van der Waals surface area contributed by atoms with Crippen molar-refractivity contribution < 1.29 is 22.3 Å². The number of benzene rings is 1. The first-order chi connectivity index (χ1) is 15.4. The number of halogens is 4. The van der Waals surface area contributed by atoms with Crippen molar-refractivity contribution in [3.8, 4) is 16.9 Å². The topological polar surface area (TPSA) is 102 Å². The third-order valence-corrected chi connectivity index (χ3v) is 4.90. The van der Waals surface area contributed by atoms with Crippen LogP contribution < -0.4 is 20.7 Å². The maximum atomic E-state index is 14.3. The molecular formula is C20H19F4N7O. The molecule has 0 amide bonds. The molecule has 1 aromatic carbocycles. The van der Waals surface area contributed by atoms with Crippen molar-refractivity contribution in [1.29, 1.82) is 0 Å². The highest BCUT2D eigenvalue weighted by atomic mass is 19.3. The number of nitrogens with two attached hydrogens (primary N) is 1. The molecule has 1 saturated heterocycles. The van der Waals surface area contributed by atoms with Crippen molar-refractivity contribution in [3.05, 3.63) is 42.3 Å². The van der Waals surface area contributed by atoms with Crippen LogP contribution in [0.5, 0.6) is 5.75 Å². The maximum Gasteiger partial charge on any atom is 0.387 e. The molecule has 168 valence electrons. The molecule has 0 unspecified atom stereocenters. The van der Waals surface area contributed by atoms with Crippen LogP contribution in [-0.2, 0) is 0 Å². The van der Waals surface area contributed by atoms with Gasteiger partial charge in [0.2, 0.25) is 5.95 Å². The monoisotopic (exact) mass is 449 g/mol. The van der Waals surface area contributed by atoms with Crippen LogP contribution in [0.25, 0.3) is 11.1 Å². The van der Waals surface area contributed by atoms with Crippen molar-refractivity contribution in [3.63, 3.8) is 0 Å². The van der Waals surface area contributed by atoms with E-state index in [1.54, 1.807) is 4.90 Å². The van der Waals surface area contributed by atoms with Crippen LogP contribution in [0.4, 0.5) is 41.0 Å². The maximum absolute atomic E-state index is 14.3. The molecule has 4 rings (SSSR count). The van der Waals surface area contributed by atoms with Gasteiger partial charge in [-0.25, -0.2) is 13.8 Å². The molecule has 1 fully saturated rings. The second-order valence-corrected chi connectivity index (χ2v) is 7.08. The number of nitrogen functional groups attached to an aromatic ring is 1. The first-order valence-electron chi connectivity index (χ1n) is 9.76. The van der Waals surface area contributed by atoms with Crippen molar-refractivity contribution >= 4 is 23.4 Å². The standard InChI is InChI=1S/C20H19F4N7O/c21-12-5-7-31(8-6-12)20-26-10-15(22)18(28-20)27-16-9-14(17(25)30-29-16)11-1-3-13(4-2-11)32-19(23)24/h1-4,9-10,12,19H,5-8H2,(H2,25,30)(H,26,27,28,29). The molecule has 0 saturated carbocycles. The summed E-state index contributed by atoms with van der Waals surface area (Å²) >= 11 is 0. The smallest absolute Gasteiger partial charge is 0.387 e. The van der Waals surface area contributed by atoms with Gasteiger partial charge in [0.05, 0.1) is 6.20 Å². The first-order valence-corrected chi connectivity index (χ1v) is 9.76. The summed E-state index contributed by atoms with van der Waals surface area (Å²) in [5.74, 6) is -0.302. The van der Waals surface area contributed by atoms with E-state index in [1.165, 1.54) is 30.3 Å². The fraction of sp³-hybridized carbons (Fsp3) is 0.300. The number of alkyl halides is 3. The molecule has 8 nitrogen and oxygen atoms in total. The van der Waals surface area contributed by atoms with E-state index in [0.717, 1.165) is 6.20 Å². The zero-order valence-corrected chi connectivity index (χ0v) is 16.7. The number of hydrogen-bond donors (Lipinski definition) is 2. The van der Waals surface area contributed by atoms with Gasteiger partial charge >= 0.3 is 6.61 Å². The normalized spacial score (nSPS) is 14.6. The Labute approximate surface area is 180 Å². The summed E-state index contributed by atoms with van der Waals surface area (Å²) in [5.41, 5.74) is 6.93. The van der Waals surface area contributed by atoms with Crippen LogP contribution in [0.2, 0.25) is 0 Å². The van der Waals surface area contributed by atoms with E-state index in [1.807, 2.05) is 0 Å². The number of piperidine rings is 1. The number of nitrogens with one attached hydrogen (secondary N) is 1. The Morgan fingerprint density at radius 2 is 1.84 bits per heavy atom. The Morgan fingerprint density at radius 3 is 2.53 bits per heavy atom. The Hall–Kier alpha value is -3.70. The molecule has 3 aromatic rings. The lowest BCUT2D eigenvalue weighted by atomic mass is 10.1. The lowest BCUT2D eigenvalue weighted by molar-refractivity contribution is -0.0498. The minimum Gasteiger partial charge on any atom is -0.435 e. The molecule has 0 radical (unpaired) electrons. The third kappa shape index (κ3) is 4.95. The van der Waals surface area contributed by atoms with Gasteiger partial charge < -0.3 is 20.7 Å². The summed E-state index contributed by atoms with van der Waals surface area (Å²) in [6, 6.07) is 7.33. The number of hydrogen-bond acceptors (Lipinski definition) is 8. The average Bonchev–Trinajstić information content (AvgIpc) is 2.77. The van der Waals surface area contributed by atoms with E-state index < -0.39 is 18.6 Å². The molecular weight excluding hydrogens is 430 g/mol. The summed E-state index contributed by atoms with van der Waals surface area (Å²) in [5, 5.41) is 10.5. The zero-order chi connectivity index (χ0) is 22.7. The van der Waals surface area contributed by atoms with Gasteiger partial charge in [-0.15, -0.1) is 10.2 Å². The van der Waals surface area contributed by atoms with Crippen molar-refractivity contribution in [2.24, 2.45) is 0 Å². The zero-order valence-electron chi connectivity index (χ0n) is 16.7. The van der Waals surface area contributed by atoms with Crippen LogP contribution in [0.3, 0.4) is 0 Å². The summed E-state index contributed by atoms with van der Waals surface area (Å²) in [4.78, 5) is 9.97. The van der Waals surface area contributed by atoms with E-state index in [9.17, 15) is 17.6 Å². The summed E-state index contributed by atoms with van der Waals surface area (Å²) in [6.45, 7) is -2.06. The second kappa shape index (κ2) is 9.20. The molecule has 1 aliphatic heterocycles. The predicted molar refractivity (Wildman–Crippen MR) is 110 cm³/mol. The van der Waals surface area contributed by atoms with Gasteiger partial charge in [0.1, 0.15) is 11.9 Å². The van der Waals surface area contributed by atoms with Crippen molar-refractivity contribution in [2.75, 3.05) is 29.0 Å². The fourth-order valence-corrected chi connectivity index (χ4v) is 3.28. The van der Waals surface area contributed by atoms with Crippen LogP contribution >= 0.6 is 0 Å². The Morgan fingerprint density at radius 1 is 1.12 bits per heavy atom. The highest BCUT2D eigenvalue weighted by molar-refractivity contribution is 5.76. The SMILES string of the molecule is Nc1nnc(Nc2nc(N3CCC(F)CC3)ncc2F)cc1-c1ccc(OC(F)F)cc1. The van der Waals surface area contributed by atoms with Gasteiger partial charge in [-0.05, 0) is 36.6 Å². The van der Waals surface area contributed by atoms with Gasteiger partial charge in [0.15, 0.2) is 23.3 Å². The molecule has 0 aliphatic carbocycles. The molecule has 2 aromatic heterocycles. The molecule has 0 bridgehead atoms. The molecule has 3 N–H and O–H groups in total. The number of anilines is 4. The Bertz CT molecular complexity index is 1080. The number of rotatable bonds is 6. The summed E-state index contributed by atoms with van der Waals surface area (Å²) < 4.78 is 56.7. The van der Waals surface area contributed by atoms with E-state index in [-0.39, 0.29) is 29.2 Å². The van der Waals surface area contributed by atoms with Gasteiger partial charge in [-0.3, -0.25) is 0 Å². The second-order valence-electron chi connectivity index (χ2n) is 7.08. The van der Waals surface area contributed by atoms with Crippen molar-refractivity contribution in [2.45, 2.75) is 25.6 Å². The van der Waals surface area contributed by atoms with Gasteiger partial charge in [0, 0.05) is 18.7 Å². The van der Waals surface area contributed by atoms with Gasteiger partial charge in [-0.2, -0.15) is 13.8 Å². The average molecular weight is 449 g/mol. The largest absolute Gasteiger partial charge is 0.435 e. The quantitative estimate of drug-likeness (QED) is 0.546. The number of nitrogens with zero attached hydrogens (tertiary/aromatic N) is 5. The molecule has 12 heteroatoms. The van der Waals surface area contributed by atoms with E-state index in [0.29, 0.717) is 37.1 Å². The van der Waals surface area contributed by atoms with E-state index in [2.05, 4.69) is 30.2 Å². The lowest BCUT2D eigenvalue weighted by Crippen LogP contribution is -2.35. The van der Waals surface area contributed by atoms with Crippen LogP contribution in [0.1, 0.15) is 12.8 Å². The van der Waals surface area contributed by atoms with E-state index >= 15 is 0 Å². The van der Waals surface area contributed by atoms with Crippen LogP contribution in [-0.4, -0.2) is 46.0 Å². The van der Waals surface area contributed by atoms with Crippen LogP contribution in [0, 0.1) is 5.82 Å². The predicted octanol–water partition coefficient (Wildman–Crippen LogP) is 3.94. The highest BCUT2D eigenvalue weighted by Crippen LogP contribution is 2.29. The van der Waals surface area contributed by atoms with Crippen LogP contribution in [0.15, 0.2) is 36.5 Å². The fourth-order valence-electron chi connectivity index (χ4n) is 3.28. The lowest BCUT2D eigenvalue weighted by Gasteiger charge is -2.28. The van der Waals surface area contributed by atoms with Crippen molar-refractivity contribution in [1.82, 2.24) is 20.2 Å². The summed E-state index contributed by atoms with van der Waals surface area (Å²) in [7, 11) is 0. The highest BCUT2D eigenvalue weighted by Gasteiger charge is 2.21. The minimum absolute atomic E-state index is 0.00457. The Balaban J connectivity index is 1.56. The van der Waals surface area contributed by atoms with E-state index in [4.69, 9.17) is 5.73 Å². The number of ether oxygens (including phenoxy) is 1. The Kier molecular flexibility index (Phi) is 6.19.